The van der Waals surface area contributed by atoms with E-state index in [0.717, 1.165) is 23.7 Å². The van der Waals surface area contributed by atoms with E-state index in [4.69, 9.17) is 9.47 Å². The smallest absolute Gasteiger partial charge is 0.161 e. The van der Waals surface area contributed by atoms with Gasteiger partial charge in [-0.05, 0) is 50.6 Å². The maximum absolute atomic E-state index is 5.77. The molecule has 0 saturated carbocycles. The first-order valence-electron chi connectivity index (χ1n) is 7.40. The molecule has 0 bridgehead atoms. The Morgan fingerprint density at radius 3 is 2.43 bits per heavy atom. The first-order valence-corrected chi connectivity index (χ1v) is 7.40. The van der Waals surface area contributed by atoms with Crippen LogP contribution in [0.1, 0.15) is 26.3 Å². The summed E-state index contributed by atoms with van der Waals surface area (Å²) in [6.45, 7) is 7.39. The van der Waals surface area contributed by atoms with Crippen LogP contribution in [0.4, 0.5) is 5.69 Å². The zero-order chi connectivity index (χ0) is 15.1. The average molecular weight is 285 g/mol. The normalized spacial score (nSPS) is 10.5. The first-order chi connectivity index (χ1) is 10.2. The molecule has 2 aromatic carbocycles. The van der Waals surface area contributed by atoms with Gasteiger partial charge < -0.3 is 14.8 Å². The lowest BCUT2D eigenvalue weighted by atomic mass is 10.2. The Kier molecular flexibility index (Phi) is 5.50. The van der Waals surface area contributed by atoms with E-state index in [-0.39, 0.29) is 6.10 Å². The van der Waals surface area contributed by atoms with Gasteiger partial charge in [-0.1, -0.05) is 24.3 Å². The second-order valence-electron chi connectivity index (χ2n) is 5.10. The minimum Gasteiger partial charge on any atom is -0.490 e. The van der Waals surface area contributed by atoms with Crippen LogP contribution in [0.25, 0.3) is 0 Å². The van der Waals surface area contributed by atoms with E-state index in [1.165, 1.54) is 5.56 Å². The molecular weight excluding hydrogens is 262 g/mol. The van der Waals surface area contributed by atoms with Crippen molar-refractivity contribution in [3.63, 3.8) is 0 Å². The quantitative estimate of drug-likeness (QED) is 0.813. The van der Waals surface area contributed by atoms with Crippen LogP contribution in [0.2, 0.25) is 0 Å². The summed E-state index contributed by atoms with van der Waals surface area (Å²) >= 11 is 0. The molecule has 0 aliphatic carbocycles. The molecule has 0 fully saturated rings. The van der Waals surface area contributed by atoms with Gasteiger partial charge in [-0.3, -0.25) is 0 Å². The Labute approximate surface area is 126 Å². The van der Waals surface area contributed by atoms with Crippen LogP contribution in [-0.4, -0.2) is 12.7 Å². The topological polar surface area (TPSA) is 30.5 Å². The number of hydrogen-bond acceptors (Lipinski definition) is 3. The molecule has 0 saturated heterocycles. The van der Waals surface area contributed by atoms with Crippen molar-refractivity contribution in [2.24, 2.45) is 0 Å². The van der Waals surface area contributed by atoms with E-state index >= 15 is 0 Å². The number of anilines is 1. The Hall–Kier alpha value is -2.16. The van der Waals surface area contributed by atoms with Crippen LogP contribution >= 0.6 is 0 Å². The van der Waals surface area contributed by atoms with Crippen LogP contribution in [0.3, 0.4) is 0 Å². The molecule has 2 aromatic rings. The Balaban J connectivity index is 2.08. The van der Waals surface area contributed by atoms with Crippen molar-refractivity contribution in [1.82, 2.24) is 0 Å². The van der Waals surface area contributed by atoms with Gasteiger partial charge in [0.1, 0.15) is 0 Å². The monoisotopic (exact) mass is 285 g/mol. The number of hydrogen-bond donors (Lipinski definition) is 1. The number of rotatable bonds is 7. The third-order valence-electron chi connectivity index (χ3n) is 2.94. The van der Waals surface area contributed by atoms with Gasteiger partial charge in [0.15, 0.2) is 11.5 Å². The third-order valence-corrected chi connectivity index (χ3v) is 2.94. The zero-order valence-corrected chi connectivity index (χ0v) is 12.9. The molecule has 3 heteroatoms. The highest BCUT2D eigenvalue weighted by atomic mass is 16.5. The standard InChI is InChI=1S/C18H23NO2/c1-4-20-18-12-15(10-11-17(18)21-14(2)3)13-19-16-8-6-5-7-9-16/h5-12,14,19H,4,13H2,1-3H3. The highest BCUT2D eigenvalue weighted by molar-refractivity contribution is 5.46. The molecule has 0 aromatic heterocycles. The molecule has 0 aliphatic rings. The average Bonchev–Trinajstić information content (AvgIpc) is 2.48. The van der Waals surface area contributed by atoms with Crippen molar-refractivity contribution in [3.05, 3.63) is 54.1 Å². The third kappa shape index (κ3) is 4.71. The SMILES string of the molecule is CCOc1cc(CNc2ccccc2)ccc1OC(C)C. The Bertz CT molecular complexity index is 552. The van der Waals surface area contributed by atoms with E-state index < -0.39 is 0 Å². The molecule has 0 atom stereocenters. The van der Waals surface area contributed by atoms with Gasteiger partial charge in [-0.2, -0.15) is 0 Å². The molecule has 112 valence electrons. The van der Waals surface area contributed by atoms with Gasteiger partial charge in [0.2, 0.25) is 0 Å². The van der Waals surface area contributed by atoms with E-state index in [0.29, 0.717) is 6.61 Å². The fraction of sp³-hybridized carbons (Fsp3) is 0.333. The fourth-order valence-electron chi connectivity index (χ4n) is 2.04. The minimum absolute atomic E-state index is 0.137. The molecule has 0 unspecified atom stereocenters. The molecular formula is C18H23NO2. The maximum atomic E-state index is 5.77. The summed E-state index contributed by atoms with van der Waals surface area (Å²) in [5.41, 5.74) is 2.27. The van der Waals surface area contributed by atoms with Crippen LogP contribution in [0, 0.1) is 0 Å². The van der Waals surface area contributed by atoms with Gasteiger partial charge >= 0.3 is 0 Å². The largest absolute Gasteiger partial charge is 0.490 e. The Morgan fingerprint density at radius 2 is 1.76 bits per heavy atom. The van der Waals surface area contributed by atoms with E-state index in [9.17, 15) is 0 Å². The summed E-state index contributed by atoms with van der Waals surface area (Å²) in [7, 11) is 0. The van der Waals surface area contributed by atoms with Crippen molar-refractivity contribution in [2.45, 2.75) is 33.4 Å². The second-order valence-corrected chi connectivity index (χ2v) is 5.10. The van der Waals surface area contributed by atoms with Gasteiger partial charge in [-0.25, -0.2) is 0 Å². The van der Waals surface area contributed by atoms with E-state index in [2.05, 4.69) is 23.5 Å². The van der Waals surface area contributed by atoms with Gasteiger partial charge in [0.25, 0.3) is 0 Å². The lowest BCUT2D eigenvalue weighted by molar-refractivity contribution is 0.223. The number of benzene rings is 2. The molecule has 21 heavy (non-hydrogen) atoms. The minimum atomic E-state index is 0.137. The molecule has 3 nitrogen and oxygen atoms in total. The number of para-hydroxylation sites is 1. The maximum Gasteiger partial charge on any atom is 0.161 e. The summed E-state index contributed by atoms with van der Waals surface area (Å²) in [6.07, 6.45) is 0.137. The van der Waals surface area contributed by atoms with Crippen molar-refractivity contribution >= 4 is 5.69 Å². The highest BCUT2D eigenvalue weighted by Crippen LogP contribution is 2.29. The molecule has 2 rings (SSSR count). The second kappa shape index (κ2) is 7.58. The van der Waals surface area contributed by atoms with Crippen molar-refractivity contribution < 1.29 is 9.47 Å². The lowest BCUT2D eigenvalue weighted by Crippen LogP contribution is -2.08. The summed E-state index contributed by atoms with van der Waals surface area (Å²) in [5.74, 6) is 1.61. The predicted molar refractivity (Wildman–Crippen MR) is 87.1 cm³/mol. The summed E-state index contributed by atoms with van der Waals surface area (Å²) in [6, 6.07) is 16.2. The highest BCUT2D eigenvalue weighted by Gasteiger charge is 2.08. The number of nitrogens with one attached hydrogen (secondary N) is 1. The summed E-state index contributed by atoms with van der Waals surface area (Å²) in [5, 5.41) is 3.39. The van der Waals surface area contributed by atoms with Crippen LogP contribution in [0.15, 0.2) is 48.5 Å². The van der Waals surface area contributed by atoms with Crippen molar-refractivity contribution in [1.29, 1.82) is 0 Å². The van der Waals surface area contributed by atoms with Gasteiger partial charge in [-0.15, -0.1) is 0 Å². The molecule has 0 aliphatic heterocycles. The molecule has 0 radical (unpaired) electrons. The molecule has 0 heterocycles. The van der Waals surface area contributed by atoms with Gasteiger partial charge in [0.05, 0.1) is 12.7 Å². The van der Waals surface area contributed by atoms with Crippen LogP contribution in [0.5, 0.6) is 11.5 Å². The predicted octanol–water partition coefficient (Wildman–Crippen LogP) is 4.48. The molecule has 1 N–H and O–H groups in total. The van der Waals surface area contributed by atoms with Crippen LogP contribution in [-0.2, 0) is 6.54 Å². The fourth-order valence-corrected chi connectivity index (χ4v) is 2.04. The first kappa shape index (κ1) is 15.2. The molecule has 0 spiro atoms. The lowest BCUT2D eigenvalue weighted by Gasteiger charge is -2.16. The van der Waals surface area contributed by atoms with Gasteiger partial charge in [0, 0.05) is 12.2 Å². The zero-order valence-electron chi connectivity index (χ0n) is 12.9. The van der Waals surface area contributed by atoms with Crippen LogP contribution < -0.4 is 14.8 Å². The number of ether oxygens (including phenoxy) is 2. The van der Waals surface area contributed by atoms with Crippen molar-refractivity contribution in [2.75, 3.05) is 11.9 Å². The molecule has 0 amide bonds. The van der Waals surface area contributed by atoms with Crippen molar-refractivity contribution in [3.8, 4) is 11.5 Å². The van der Waals surface area contributed by atoms with E-state index in [1.807, 2.05) is 51.1 Å². The Morgan fingerprint density at radius 1 is 1.00 bits per heavy atom. The summed E-state index contributed by atoms with van der Waals surface area (Å²) < 4.78 is 11.4. The van der Waals surface area contributed by atoms with E-state index in [1.54, 1.807) is 0 Å². The summed E-state index contributed by atoms with van der Waals surface area (Å²) in [4.78, 5) is 0.